The molecule has 0 N–H and O–H groups in total. The van der Waals surface area contributed by atoms with Gasteiger partial charge >= 0.3 is 0 Å². The van der Waals surface area contributed by atoms with Crippen molar-refractivity contribution >= 4 is 34.1 Å². The van der Waals surface area contributed by atoms with Crippen LogP contribution in [-0.4, -0.2) is 33.6 Å². The van der Waals surface area contributed by atoms with E-state index in [2.05, 4.69) is 32.6 Å². The molecule has 0 aliphatic carbocycles. The lowest BCUT2D eigenvalue weighted by molar-refractivity contribution is 0.129. The Labute approximate surface area is 200 Å². The van der Waals surface area contributed by atoms with E-state index in [9.17, 15) is 4.79 Å². The van der Waals surface area contributed by atoms with Gasteiger partial charge < -0.3 is 4.90 Å². The maximum Gasteiger partial charge on any atom is 0.261 e. The Bertz CT molecular complexity index is 1190. The Morgan fingerprint density at radius 2 is 1.91 bits per heavy atom. The van der Waals surface area contributed by atoms with E-state index in [1.807, 2.05) is 34.9 Å². The van der Waals surface area contributed by atoms with Crippen molar-refractivity contribution in [3.8, 4) is 11.1 Å². The van der Waals surface area contributed by atoms with Crippen molar-refractivity contribution in [3.63, 3.8) is 0 Å². The molecule has 1 aliphatic heterocycles. The minimum Gasteiger partial charge on any atom is -0.301 e. The molecular weight excluding hydrogens is 441 g/mol. The topological polar surface area (TPSA) is 38.1 Å². The van der Waals surface area contributed by atoms with E-state index in [4.69, 9.17) is 28.2 Å². The summed E-state index contributed by atoms with van der Waals surface area (Å²) in [5.41, 5.74) is 2.45. The van der Waals surface area contributed by atoms with E-state index in [0.29, 0.717) is 33.9 Å². The van der Waals surface area contributed by atoms with Gasteiger partial charge in [0.2, 0.25) is 0 Å². The third-order valence-corrected chi connectivity index (χ3v) is 7.30. The average Bonchev–Trinajstić information content (AvgIpc) is 2.77. The first-order valence-electron chi connectivity index (χ1n) is 11.5. The molecule has 1 fully saturated rings. The lowest BCUT2D eigenvalue weighted by Crippen LogP contribution is -2.42. The monoisotopic (exact) mass is 471 g/mol. The maximum atomic E-state index is 13.7. The van der Waals surface area contributed by atoms with Crippen LogP contribution in [0.4, 0.5) is 0 Å². The van der Waals surface area contributed by atoms with Crippen molar-refractivity contribution in [1.82, 2.24) is 14.5 Å². The first-order chi connectivity index (χ1) is 15.3. The molecule has 170 valence electrons. The molecule has 6 heteroatoms. The number of halogens is 2. The molecule has 0 bridgehead atoms. The summed E-state index contributed by atoms with van der Waals surface area (Å²) in [7, 11) is 0. The molecule has 0 spiro atoms. The van der Waals surface area contributed by atoms with Gasteiger partial charge in [0, 0.05) is 30.6 Å². The fourth-order valence-electron chi connectivity index (χ4n) is 4.72. The number of likely N-dealkylation sites (tertiary alicyclic amines) is 1. The molecule has 4 nitrogen and oxygen atoms in total. The molecule has 2 aromatic carbocycles. The Morgan fingerprint density at radius 1 is 1.12 bits per heavy atom. The average molecular weight is 472 g/mol. The van der Waals surface area contributed by atoms with Crippen LogP contribution < -0.4 is 5.56 Å². The minimum atomic E-state index is 0.0281. The molecule has 4 rings (SSSR count). The largest absolute Gasteiger partial charge is 0.301 e. The zero-order valence-corrected chi connectivity index (χ0v) is 20.7. The second kappa shape index (κ2) is 9.54. The van der Waals surface area contributed by atoms with Crippen molar-refractivity contribution in [2.24, 2.45) is 5.92 Å². The normalized spacial score (nSPS) is 17.6. The standard InChI is InChI=1S/C26H31Cl2N3O/c1-16(2)25-29-23-11-10-19(20-8-5-9-22(27)24(20)28)13-21(23)26(32)31(25)15-18-7-6-12-30(14-18)17(3)4/h5,8-11,13,16-18H,6-7,12,14-15H2,1-4H3/t18-/m0/s1. The van der Waals surface area contributed by atoms with Gasteiger partial charge in [-0.15, -0.1) is 0 Å². The van der Waals surface area contributed by atoms with Gasteiger partial charge in [-0.3, -0.25) is 9.36 Å². The van der Waals surface area contributed by atoms with E-state index in [-0.39, 0.29) is 11.5 Å². The highest BCUT2D eigenvalue weighted by Gasteiger charge is 2.24. The second-order valence-electron chi connectivity index (χ2n) is 9.47. The van der Waals surface area contributed by atoms with Crippen LogP contribution >= 0.6 is 23.2 Å². The van der Waals surface area contributed by atoms with Crippen LogP contribution in [0.15, 0.2) is 41.2 Å². The van der Waals surface area contributed by atoms with Crippen LogP contribution in [0.3, 0.4) is 0 Å². The summed E-state index contributed by atoms with van der Waals surface area (Å²) in [6, 6.07) is 11.9. The van der Waals surface area contributed by atoms with Crippen molar-refractivity contribution in [1.29, 1.82) is 0 Å². The number of hydrogen-bond donors (Lipinski definition) is 0. The molecule has 0 amide bonds. The van der Waals surface area contributed by atoms with Gasteiger partial charge in [-0.1, -0.05) is 55.2 Å². The minimum absolute atomic E-state index is 0.0281. The Morgan fingerprint density at radius 3 is 2.62 bits per heavy atom. The maximum absolute atomic E-state index is 13.7. The number of hydrogen-bond acceptors (Lipinski definition) is 3. The van der Waals surface area contributed by atoms with Crippen LogP contribution in [0.2, 0.25) is 10.0 Å². The molecular formula is C26H31Cl2N3O. The van der Waals surface area contributed by atoms with Crippen LogP contribution in [0.5, 0.6) is 0 Å². The van der Waals surface area contributed by atoms with Crippen LogP contribution in [0.1, 0.15) is 52.3 Å². The molecule has 3 aromatic rings. The molecule has 1 atom stereocenters. The van der Waals surface area contributed by atoms with E-state index >= 15 is 0 Å². The van der Waals surface area contributed by atoms with Crippen molar-refractivity contribution in [2.45, 2.75) is 59.0 Å². The summed E-state index contributed by atoms with van der Waals surface area (Å²) >= 11 is 12.7. The summed E-state index contributed by atoms with van der Waals surface area (Å²) in [5.74, 6) is 1.47. The third-order valence-electron chi connectivity index (χ3n) is 6.48. The predicted octanol–water partition coefficient (Wildman–Crippen LogP) is 6.61. The predicted molar refractivity (Wildman–Crippen MR) is 135 cm³/mol. The van der Waals surface area contributed by atoms with Crippen LogP contribution in [0, 0.1) is 5.92 Å². The first-order valence-corrected chi connectivity index (χ1v) is 12.2. The summed E-state index contributed by atoms with van der Waals surface area (Å²) < 4.78 is 1.92. The molecule has 1 aliphatic rings. The number of rotatable bonds is 5. The lowest BCUT2D eigenvalue weighted by Gasteiger charge is -2.36. The molecule has 2 heterocycles. The fourth-order valence-corrected chi connectivity index (χ4v) is 5.13. The number of nitrogens with zero attached hydrogens (tertiary/aromatic N) is 3. The van der Waals surface area contributed by atoms with Gasteiger partial charge in [-0.2, -0.15) is 0 Å². The zero-order valence-electron chi connectivity index (χ0n) is 19.2. The van der Waals surface area contributed by atoms with E-state index < -0.39 is 0 Å². The SMILES string of the molecule is CC(C)c1nc2ccc(-c3cccc(Cl)c3Cl)cc2c(=O)n1C[C@H]1CCCN(C(C)C)C1. The van der Waals surface area contributed by atoms with Crippen molar-refractivity contribution in [2.75, 3.05) is 13.1 Å². The van der Waals surface area contributed by atoms with Gasteiger partial charge in [0.15, 0.2) is 0 Å². The molecule has 0 radical (unpaired) electrons. The first kappa shape index (κ1) is 23.3. The van der Waals surface area contributed by atoms with Gasteiger partial charge in [0.1, 0.15) is 5.82 Å². The molecule has 32 heavy (non-hydrogen) atoms. The van der Waals surface area contributed by atoms with Crippen molar-refractivity contribution in [3.05, 3.63) is 62.6 Å². The smallest absolute Gasteiger partial charge is 0.261 e. The van der Waals surface area contributed by atoms with E-state index in [1.165, 1.54) is 6.42 Å². The van der Waals surface area contributed by atoms with Crippen molar-refractivity contribution < 1.29 is 0 Å². The zero-order chi connectivity index (χ0) is 23.0. The highest BCUT2D eigenvalue weighted by atomic mass is 35.5. The number of aromatic nitrogens is 2. The van der Waals surface area contributed by atoms with Crippen LogP contribution in [0.25, 0.3) is 22.0 Å². The summed E-state index contributed by atoms with van der Waals surface area (Å²) in [5, 5.41) is 1.62. The molecule has 0 unspecified atom stereocenters. The van der Waals surface area contributed by atoms with E-state index in [1.54, 1.807) is 6.07 Å². The van der Waals surface area contributed by atoms with Gasteiger partial charge in [-0.25, -0.2) is 4.98 Å². The molecule has 0 saturated carbocycles. The third kappa shape index (κ3) is 4.59. The fraction of sp³-hybridized carbons (Fsp3) is 0.462. The summed E-state index contributed by atoms with van der Waals surface area (Å²) in [6.07, 6.45) is 2.32. The number of piperidine rings is 1. The Balaban J connectivity index is 1.79. The highest BCUT2D eigenvalue weighted by molar-refractivity contribution is 6.43. The second-order valence-corrected chi connectivity index (χ2v) is 10.3. The number of fused-ring (bicyclic) bond motifs is 1. The lowest BCUT2D eigenvalue weighted by atomic mass is 9.96. The Hall–Kier alpha value is -1.88. The highest BCUT2D eigenvalue weighted by Crippen LogP contribution is 2.34. The quantitative estimate of drug-likeness (QED) is 0.419. The van der Waals surface area contributed by atoms with Gasteiger partial charge in [0.05, 0.1) is 20.9 Å². The van der Waals surface area contributed by atoms with E-state index in [0.717, 1.165) is 42.0 Å². The Kier molecular flexibility index (Phi) is 6.94. The summed E-state index contributed by atoms with van der Waals surface area (Å²) in [6.45, 7) is 11.6. The van der Waals surface area contributed by atoms with Gasteiger partial charge in [-0.05, 0) is 62.9 Å². The molecule has 1 aromatic heterocycles. The molecule has 1 saturated heterocycles. The number of benzene rings is 2. The summed E-state index contributed by atoms with van der Waals surface area (Å²) in [4.78, 5) is 21.2. The van der Waals surface area contributed by atoms with Crippen LogP contribution in [-0.2, 0) is 6.54 Å². The van der Waals surface area contributed by atoms with Gasteiger partial charge in [0.25, 0.3) is 5.56 Å².